The van der Waals surface area contributed by atoms with E-state index in [2.05, 4.69) is 26.1 Å². The van der Waals surface area contributed by atoms with Crippen molar-refractivity contribution in [1.29, 1.82) is 0 Å². The van der Waals surface area contributed by atoms with Crippen LogP contribution < -0.4 is 5.32 Å². The maximum Gasteiger partial charge on any atom is 0.167 e. The normalized spacial score (nSPS) is 16.8. The molecular formula is C18H22N2O. The van der Waals surface area contributed by atoms with Crippen LogP contribution in [-0.2, 0) is 6.42 Å². The molecule has 110 valence electrons. The number of pyridine rings is 1. The topological polar surface area (TPSA) is 42.0 Å². The zero-order valence-electron chi connectivity index (χ0n) is 13.0. The second kappa shape index (κ2) is 5.14. The molecule has 1 aromatic carbocycles. The Balaban J connectivity index is 2.25. The Labute approximate surface area is 125 Å². The van der Waals surface area contributed by atoms with E-state index in [9.17, 15) is 4.79 Å². The molecule has 1 aliphatic carbocycles. The van der Waals surface area contributed by atoms with Crippen LogP contribution in [0, 0.1) is 5.41 Å². The molecule has 0 aliphatic heterocycles. The van der Waals surface area contributed by atoms with Crippen molar-refractivity contribution < 1.29 is 4.79 Å². The molecule has 0 radical (unpaired) electrons. The lowest BCUT2D eigenvalue weighted by Gasteiger charge is -2.31. The minimum absolute atomic E-state index is 0.00155. The summed E-state index contributed by atoms with van der Waals surface area (Å²) in [7, 11) is 0. The number of nitrogens with one attached hydrogen (secondary N) is 1. The third-order valence-electron chi connectivity index (χ3n) is 4.08. The van der Waals surface area contributed by atoms with Crippen LogP contribution in [0.2, 0.25) is 0 Å². The average molecular weight is 282 g/mol. The number of rotatable bonds is 3. The van der Waals surface area contributed by atoms with Gasteiger partial charge in [-0.1, -0.05) is 39.0 Å². The van der Waals surface area contributed by atoms with Crippen molar-refractivity contribution in [2.75, 3.05) is 11.9 Å². The number of benzene rings is 1. The van der Waals surface area contributed by atoms with Gasteiger partial charge in [-0.25, -0.2) is 0 Å². The molecule has 1 aliphatic rings. The van der Waals surface area contributed by atoms with Crippen LogP contribution in [0.3, 0.4) is 0 Å². The molecular weight excluding hydrogens is 260 g/mol. The molecule has 3 nitrogen and oxygen atoms in total. The van der Waals surface area contributed by atoms with Crippen LogP contribution in [0.5, 0.6) is 0 Å². The molecule has 0 saturated heterocycles. The lowest BCUT2D eigenvalue weighted by Crippen LogP contribution is -2.29. The van der Waals surface area contributed by atoms with Crippen LogP contribution >= 0.6 is 0 Å². The maximum atomic E-state index is 12.6. The predicted octanol–water partition coefficient (Wildman–Crippen LogP) is 4.21. The zero-order valence-corrected chi connectivity index (χ0v) is 13.0. The van der Waals surface area contributed by atoms with Crippen molar-refractivity contribution in [2.24, 2.45) is 5.41 Å². The molecule has 0 bridgehead atoms. The Morgan fingerprint density at radius 2 is 2.00 bits per heavy atom. The average Bonchev–Trinajstić information content (AvgIpc) is 2.42. The number of fused-ring (bicyclic) bond motifs is 2. The number of hydrogen-bond acceptors (Lipinski definition) is 3. The summed E-state index contributed by atoms with van der Waals surface area (Å²) < 4.78 is 0. The van der Waals surface area contributed by atoms with Crippen molar-refractivity contribution in [3.63, 3.8) is 0 Å². The highest BCUT2D eigenvalue weighted by Crippen LogP contribution is 2.39. The predicted molar refractivity (Wildman–Crippen MR) is 87.0 cm³/mol. The van der Waals surface area contributed by atoms with Gasteiger partial charge < -0.3 is 5.32 Å². The standard InChI is InChI=1S/C18H22N2O/c1-4-9-19-17-12-7-5-6-8-13(12)20-14-10-18(2,3)11-15(21)16(14)17/h5-8H,4,9-11H2,1-3H3,(H,19,20). The van der Waals surface area contributed by atoms with Crippen LogP contribution in [0.1, 0.15) is 49.7 Å². The van der Waals surface area contributed by atoms with Crippen molar-refractivity contribution in [3.05, 3.63) is 35.5 Å². The largest absolute Gasteiger partial charge is 0.384 e. The van der Waals surface area contributed by atoms with Gasteiger partial charge in [-0.15, -0.1) is 0 Å². The van der Waals surface area contributed by atoms with E-state index in [1.54, 1.807) is 0 Å². The number of nitrogens with zero attached hydrogens (tertiary/aromatic N) is 1. The zero-order chi connectivity index (χ0) is 15.0. The molecule has 0 fully saturated rings. The lowest BCUT2D eigenvalue weighted by atomic mass is 9.75. The van der Waals surface area contributed by atoms with Gasteiger partial charge in [-0.2, -0.15) is 0 Å². The first kappa shape index (κ1) is 14.1. The van der Waals surface area contributed by atoms with E-state index in [1.165, 1.54) is 0 Å². The van der Waals surface area contributed by atoms with E-state index in [0.29, 0.717) is 6.42 Å². The minimum Gasteiger partial charge on any atom is -0.384 e. The fourth-order valence-corrected chi connectivity index (χ4v) is 3.16. The molecule has 1 heterocycles. The smallest absolute Gasteiger partial charge is 0.167 e. The summed E-state index contributed by atoms with van der Waals surface area (Å²) in [5, 5.41) is 4.52. The molecule has 3 heteroatoms. The van der Waals surface area contributed by atoms with Gasteiger partial charge in [0.05, 0.1) is 22.5 Å². The quantitative estimate of drug-likeness (QED) is 0.916. The van der Waals surface area contributed by atoms with Gasteiger partial charge in [0.1, 0.15) is 0 Å². The number of carbonyl (C=O) groups is 1. The van der Waals surface area contributed by atoms with Crippen molar-refractivity contribution in [3.8, 4) is 0 Å². The SMILES string of the molecule is CCCNc1c2c(nc3ccccc13)CC(C)(C)CC2=O. The molecule has 0 spiro atoms. The third-order valence-corrected chi connectivity index (χ3v) is 4.08. The Bertz CT molecular complexity index is 704. The summed E-state index contributed by atoms with van der Waals surface area (Å²) in [6, 6.07) is 8.08. The van der Waals surface area contributed by atoms with Crippen LogP contribution in [0.15, 0.2) is 24.3 Å². The van der Waals surface area contributed by atoms with Gasteiger partial charge in [-0.05, 0) is 24.3 Å². The van der Waals surface area contributed by atoms with E-state index in [4.69, 9.17) is 4.98 Å². The number of hydrogen-bond donors (Lipinski definition) is 1. The van der Waals surface area contributed by atoms with Crippen molar-refractivity contribution in [2.45, 2.75) is 40.0 Å². The Hall–Kier alpha value is -1.90. The van der Waals surface area contributed by atoms with Gasteiger partial charge in [0.15, 0.2) is 5.78 Å². The summed E-state index contributed by atoms with van der Waals surface area (Å²) in [5.41, 5.74) is 3.73. The molecule has 1 aromatic heterocycles. The molecule has 3 rings (SSSR count). The van der Waals surface area contributed by atoms with Gasteiger partial charge in [-0.3, -0.25) is 9.78 Å². The molecule has 0 saturated carbocycles. The third kappa shape index (κ3) is 2.53. The lowest BCUT2D eigenvalue weighted by molar-refractivity contribution is 0.0911. The van der Waals surface area contributed by atoms with Gasteiger partial charge >= 0.3 is 0 Å². The van der Waals surface area contributed by atoms with Gasteiger partial charge in [0.25, 0.3) is 0 Å². The number of anilines is 1. The first-order chi connectivity index (χ1) is 10.0. The first-order valence-electron chi connectivity index (χ1n) is 7.70. The van der Waals surface area contributed by atoms with E-state index in [0.717, 1.165) is 47.2 Å². The van der Waals surface area contributed by atoms with Gasteiger partial charge in [0.2, 0.25) is 0 Å². The van der Waals surface area contributed by atoms with Gasteiger partial charge in [0, 0.05) is 18.4 Å². The van der Waals surface area contributed by atoms with Crippen molar-refractivity contribution >= 4 is 22.4 Å². The monoisotopic (exact) mass is 282 g/mol. The summed E-state index contributed by atoms with van der Waals surface area (Å²) in [6.45, 7) is 7.29. The van der Waals surface area contributed by atoms with E-state index in [-0.39, 0.29) is 11.2 Å². The van der Waals surface area contributed by atoms with Crippen LogP contribution in [-0.4, -0.2) is 17.3 Å². The molecule has 0 unspecified atom stereocenters. The van der Waals surface area contributed by atoms with Crippen LogP contribution in [0.4, 0.5) is 5.69 Å². The Morgan fingerprint density at radius 3 is 2.76 bits per heavy atom. The maximum absolute atomic E-state index is 12.6. The number of carbonyl (C=O) groups excluding carboxylic acids is 1. The summed E-state index contributed by atoms with van der Waals surface area (Å²) in [4.78, 5) is 17.4. The second-order valence-electron chi connectivity index (χ2n) is 6.69. The highest BCUT2D eigenvalue weighted by atomic mass is 16.1. The molecule has 21 heavy (non-hydrogen) atoms. The molecule has 0 atom stereocenters. The highest BCUT2D eigenvalue weighted by Gasteiger charge is 2.34. The van der Waals surface area contributed by atoms with E-state index in [1.807, 2.05) is 24.3 Å². The number of Topliss-reactive ketones (excluding diaryl/α,β-unsaturated/α-hetero) is 1. The minimum atomic E-state index is 0.00155. The number of ketones is 1. The number of para-hydroxylation sites is 1. The summed E-state index contributed by atoms with van der Waals surface area (Å²) in [6.07, 6.45) is 2.49. The fourth-order valence-electron chi connectivity index (χ4n) is 3.16. The highest BCUT2D eigenvalue weighted by molar-refractivity contribution is 6.10. The summed E-state index contributed by atoms with van der Waals surface area (Å²) >= 11 is 0. The Morgan fingerprint density at radius 1 is 1.24 bits per heavy atom. The van der Waals surface area contributed by atoms with Crippen LogP contribution in [0.25, 0.3) is 10.9 Å². The molecule has 2 aromatic rings. The first-order valence-corrected chi connectivity index (χ1v) is 7.70. The molecule has 1 N–H and O–H groups in total. The fraction of sp³-hybridized carbons (Fsp3) is 0.444. The second-order valence-corrected chi connectivity index (χ2v) is 6.69. The molecule has 0 amide bonds. The number of aromatic nitrogens is 1. The van der Waals surface area contributed by atoms with Crippen molar-refractivity contribution in [1.82, 2.24) is 4.98 Å². The van der Waals surface area contributed by atoms with E-state index >= 15 is 0 Å². The summed E-state index contributed by atoms with van der Waals surface area (Å²) in [5.74, 6) is 0.220. The Kier molecular flexibility index (Phi) is 3.44. The van der Waals surface area contributed by atoms with E-state index < -0.39 is 0 Å².